The molecule has 0 radical (unpaired) electrons. The largest absolute Gasteiger partial charge is 0.293 e. The van der Waals surface area contributed by atoms with Crippen LogP contribution in [0.5, 0.6) is 0 Å². The minimum Gasteiger partial charge on any atom is -0.293 e. The zero-order valence-corrected chi connectivity index (χ0v) is 14.0. The lowest BCUT2D eigenvalue weighted by Gasteiger charge is -2.43. The van der Waals surface area contributed by atoms with Gasteiger partial charge in [0, 0.05) is 18.6 Å². The highest BCUT2D eigenvalue weighted by atomic mass is 15.2. The Morgan fingerprint density at radius 3 is 2.26 bits per heavy atom. The molecule has 0 aromatic heterocycles. The van der Waals surface area contributed by atoms with E-state index in [-0.39, 0.29) is 0 Å². The van der Waals surface area contributed by atoms with Gasteiger partial charge in [0.25, 0.3) is 0 Å². The van der Waals surface area contributed by atoms with Gasteiger partial charge in [-0.3, -0.25) is 4.90 Å². The summed E-state index contributed by atoms with van der Waals surface area (Å²) >= 11 is 0. The van der Waals surface area contributed by atoms with E-state index in [0.717, 1.165) is 12.6 Å². The lowest BCUT2D eigenvalue weighted by atomic mass is 9.86. The highest BCUT2D eigenvalue weighted by Crippen LogP contribution is 2.32. The Hall–Kier alpha value is -1.60. The van der Waals surface area contributed by atoms with Gasteiger partial charge in [0.05, 0.1) is 0 Å². The second kappa shape index (κ2) is 6.88. The summed E-state index contributed by atoms with van der Waals surface area (Å²) in [5, 5.41) is 0. The minimum absolute atomic E-state index is 0.662. The van der Waals surface area contributed by atoms with Gasteiger partial charge in [0.15, 0.2) is 0 Å². The molecule has 2 aliphatic rings. The Labute approximate surface area is 140 Å². The number of hydrogen-bond donors (Lipinski definition) is 0. The Balaban J connectivity index is 1.60. The molecule has 4 rings (SSSR count). The Bertz CT molecular complexity index is 627. The topological polar surface area (TPSA) is 3.24 Å². The molecule has 1 heteroatoms. The fraction of sp³-hybridized carbons (Fsp3) is 0.455. The first kappa shape index (κ1) is 15.0. The van der Waals surface area contributed by atoms with Crippen molar-refractivity contribution in [2.75, 3.05) is 0 Å². The number of benzene rings is 2. The summed E-state index contributed by atoms with van der Waals surface area (Å²) in [5.41, 5.74) is 4.61. The SMILES string of the molecule is c1ccc(C[C@H]2Cc3ccccc3CN2C2CCCCC2)cc1. The summed E-state index contributed by atoms with van der Waals surface area (Å²) in [4.78, 5) is 2.84. The molecule has 120 valence electrons. The predicted octanol–water partition coefficient (Wildman–Crippen LogP) is 4.99. The third-order valence-electron chi connectivity index (χ3n) is 5.75. The second-order valence-corrected chi connectivity index (χ2v) is 7.28. The second-order valence-electron chi connectivity index (χ2n) is 7.28. The first-order chi connectivity index (χ1) is 11.4. The van der Waals surface area contributed by atoms with E-state index in [1.807, 2.05) is 0 Å². The van der Waals surface area contributed by atoms with E-state index in [1.165, 1.54) is 50.5 Å². The lowest BCUT2D eigenvalue weighted by molar-refractivity contribution is 0.0847. The maximum atomic E-state index is 2.84. The molecule has 1 aliphatic carbocycles. The third-order valence-corrected chi connectivity index (χ3v) is 5.75. The van der Waals surface area contributed by atoms with Crippen LogP contribution in [0.1, 0.15) is 48.8 Å². The van der Waals surface area contributed by atoms with E-state index in [9.17, 15) is 0 Å². The van der Waals surface area contributed by atoms with Crippen LogP contribution in [0.25, 0.3) is 0 Å². The van der Waals surface area contributed by atoms with Crippen molar-refractivity contribution in [2.45, 2.75) is 63.6 Å². The van der Waals surface area contributed by atoms with Gasteiger partial charge in [-0.2, -0.15) is 0 Å². The number of rotatable bonds is 3. The number of nitrogens with zero attached hydrogens (tertiary/aromatic N) is 1. The molecule has 0 unspecified atom stereocenters. The standard InChI is InChI=1S/C22H27N/c1-3-9-18(10-4-1)15-22-16-19-11-7-8-12-20(19)17-23(22)21-13-5-2-6-14-21/h1,3-4,7-12,21-22H,2,5-6,13-17H2/t22-/m0/s1. The lowest BCUT2D eigenvalue weighted by Crippen LogP contribution is -2.48. The van der Waals surface area contributed by atoms with Crippen LogP contribution < -0.4 is 0 Å². The maximum absolute atomic E-state index is 2.84. The van der Waals surface area contributed by atoms with E-state index in [4.69, 9.17) is 0 Å². The van der Waals surface area contributed by atoms with Crippen molar-refractivity contribution in [3.63, 3.8) is 0 Å². The molecular weight excluding hydrogens is 278 g/mol. The maximum Gasteiger partial charge on any atom is 0.0242 e. The molecule has 2 aromatic rings. The van der Waals surface area contributed by atoms with Crippen molar-refractivity contribution in [1.29, 1.82) is 0 Å². The third kappa shape index (κ3) is 3.35. The van der Waals surface area contributed by atoms with Gasteiger partial charge in [-0.15, -0.1) is 0 Å². The van der Waals surface area contributed by atoms with E-state index in [1.54, 1.807) is 11.1 Å². The molecule has 0 saturated heterocycles. The van der Waals surface area contributed by atoms with Gasteiger partial charge in [0.2, 0.25) is 0 Å². The van der Waals surface area contributed by atoms with Gasteiger partial charge in [0.1, 0.15) is 0 Å². The molecular formula is C22H27N. The zero-order valence-electron chi connectivity index (χ0n) is 14.0. The van der Waals surface area contributed by atoms with E-state index in [2.05, 4.69) is 59.5 Å². The van der Waals surface area contributed by atoms with Gasteiger partial charge in [-0.1, -0.05) is 73.9 Å². The van der Waals surface area contributed by atoms with Crippen LogP contribution >= 0.6 is 0 Å². The summed E-state index contributed by atoms with van der Waals surface area (Å²) < 4.78 is 0. The minimum atomic E-state index is 0.662. The predicted molar refractivity (Wildman–Crippen MR) is 96.5 cm³/mol. The Morgan fingerprint density at radius 2 is 1.48 bits per heavy atom. The smallest absolute Gasteiger partial charge is 0.0242 e. The van der Waals surface area contributed by atoms with Crippen LogP contribution in [-0.2, 0) is 19.4 Å². The molecule has 1 nitrogen and oxygen atoms in total. The molecule has 1 atom stereocenters. The van der Waals surface area contributed by atoms with Crippen molar-refractivity contribution in [2.24, 2.45) is 0 Å². The van der Waals surface area contributed by atoms with E-state index < -0.39 is 0 Å². The molecule has 0 bridgehead atoms. The van der Waals surface area contributed by atoms with Crippen molar-refractivity contribution >= 4 is 0 Å². The Morgan fingerprint density at radius 1 is 0.783 bits per heavy atom. The van der Waals surface area contributed by atoms with Crippen molar-refractivity contribution in [3.8, 4) is 0 Å². The molecule has 1 aliphatic heterocycles. The van der Waals surface area contributed by atoms with Crippen molar-refractivity contribution in [3.05, 3.63) is 71.3 Å². The van der Waals surface area contributed by atoms with Crippen molar-refractivity contribution in [1.82, 2.24) is 4.90 Å². The fourth-order valence-electron chi connectivity index (χ4n) is 4.52. The fourth-order valence-corrected chi connectivity index (χ4v) is 4.52. The summed E-state index contributed by atoms with van der Waals surface area (Å²) in [5.74, 6) is 0. The highest BCUT2D eigenvalue weighted by Gasteiger charge is 2.31. The van der Waals surface area contributed by atoms with Crippen LogP contribution in [0.4, 0.5) is 0 Å². The van der Waals surface area contributed by atoms with Crippen LogP contribution in [-0.4, -0.2) is 17.0 Å². The van der Waals surface area contributed by atoms with Gasteiger partial charge in [-0.05, 0) is 42.4 Å². The molecule has 0 N–H and O–H groups in total. The molecule has 1 fully saturated rings. The zero-order chi connectivity index (χ0) is 15.5. The number of hydrogen-bond acceptors (Lipinski definition) is 1. The molecule has 2 aromatic carbocycles. The van der Waals surface area contributed by atoms with Gasteiger partial charge in [-0.25, -0.2) is 0 Å². The first-order valence-corrected chi connectivity index (χ1v) is 9.26. The monoisotopic (exact) mass is 305 g/mol. The summed E-state index contributed by atoms with van der Waals surface area (Å²) in [6.07, 6.45) is 9.46. The Kier molecular flexibility index (Phi) is 4.48. The highest BCUT2D eigenvalue weighted by molar-refractivity contribution is 5.31. The molecule has 1 heterocycles. The molecule has 0 amide bonds. The molecule has 1 saturated carbocycles. The number of fused-ring (bicyclic) bond motifs is 1. The van der Waals surface area contributed by atoms with Crippen LogP contribution in [0.2, 0.25) is 0 Å². The average Bonchev–Trinajstić information content (AvgIpc) is 2.63. The summed E-state index contributed by atoms with van der Waals surface area (Å²) in [6, 6.07) is 21.6. The van der Waals surface area contributed by atoms with Gasteiger partial charge < -0.3 is 0 Å². The van der Waals surface area contributed by atoms with Crippen molar-refractivity contribution < 1.29 is 0 Å². The first-order valence-electron chi connectivity index (χ1n) is 9.26. The summed E-state index contributed by atoms with van der Waals surface area (Å²) in [7, 11) is 0. The quantitative estimate of drug-likeness (QED) is 0.772. The average molecular weight is 305 g/mol. The van der Waals surface area contributed by atoms with Gasteiger partial charge >= 0.3 is 0 Å². The summed E-state index contributed by atoms with van der Waals surface area (Å²) in [6.45, 7) is 1.15. The van der Waals surface area contributed by atoms with E-state index in [0.29, 0.717) is 6.04 Å². The van der Waals surface area contributed by atoms with Crippen LogP contribution in [0.15, 0.2) is 54.6 Å². The molecule has 0 spiro atoms. The molecule has 23 heavy (non-hydrogen) atoms. The normalized spacial score (nSPS) is 22.7. The van der Waals surface area contributed by atoms with Crippen LogP contribution in [0, 0.1) is 0 Å². The van der Waals surface area contributed by atoms with Crippen LogP contribution in [0.3, 0.4) is 0 Å². The van der Waals surface area contributed by atoms with E-state index >= 15 is 0 Å².